The summed E-state index contributed by atoms with van der Waals surface area (Å²) in [5.74, 6) is -1.92. The molecule has 5 N–H and O–H groups in total. The molecule has 1 fully saturated rings. The van der Waals surface area contributed by atoms with E-state index in [4.69, 9.17) is 0 Å². The summed E-state index contributed by atoms with van der Waals surface area (Å²) in [6.45, 7) is 5.47. The second-order valence-electron chi connectivity index (χ2n) is 9.14. The Bertz CT molecular complexity index is 955. The summed E-state index contributed by atoms with van der Waals surface area (Å²) in [6.07, 6.45) is 2.58. The van der Waals surface area contributed by atoms with Crippen LogP contribution in [0.5, 0.6) is 0 Å². The van der Waals surface area contributed by atoms with Crippen molar-refractivity contribution in [3.8, 4) is 0 Å². The maximum absolute atomic E-state index is 13.1. The second kappa shape index (κ2) is 13.0. The zero-order valence-electron chi connectivity index (χ0n) is 20.3. The van der Waals surface area contributed by atoms with Crippen LogP contribution in [0.1, 0.15) is 47.8 Å². The largest absolute Gasteiger partial charge is 0.393 e. The first kappa shape index (κ1) is 26.4. The second-order valence-corrected chi connectivity index (χ2v) is 9.14. The fourth-order valence-electron chi connectivity index (χ4n) is 4.08. The van der Waals surface area contributed by atoms with Crippen LogP contribution < -0.4 is 21.3 Å². The summed E-state index contributed by atoms with van der Waals surface area (Å²) < 4.78 is 4.66. The average molecular weight is 486 g/mol. The molecule has 1 aliphatic rings. The summed E-state index contributed by atoms with van der Waals surface area (Å²) in [5.41, 5.74) is 2.18. The zero-order chi connectivity index (χ0) is 25.2. The lowest BCUT2D eigenvalue weighted by Gasteiger charge is -2.29. The molecule has 3 amide bonds. The molecule has 0 radical (unpaired) electrons. The van der Waals surface area contributed by atoms with Crippen molar-refractivity contribution in [3.63, 3.8) is 0 Å². The van der Waals surface area contributed by atoms with E-state index in [1.807, 2.05) is 31.2 Å². The Kier molecular flexibility index (Phi) is 9.80. The van der Waals surface area contributed by atoms with Gasteiger partial charge in [-0.25, -0.2) is 0 Å². The van der Waals surface area contributed by atoms with Gasteiger partial charge in [0.2, 0.25) is 11.8 Å². The Hall–Kier alpha value is -3.24. The molecule has 10 heteroatoms. The molecule has 0 spiro atoms. The minimum Gasteiger partial charge on any atom is -0.393 e. The van der Waals surface area contributed by atoms with Gasteiger partial charge in [-0.1, -0.05) is 35.0 Å². The van der Waals surface area contributed by atoms with Gasteiger partial charge in [-0.2, -0.15) is 0 Å². The highest BCUT2D eigenvalue weighted by molar-refractivity contribution is 5.93. The van der Waals surface area contributed by atoms with Gasteiger partial charge in [0.1, 0.15) is 12.3 Å². The number of hydrogen-bond acceptors (Lipinski definition) is 7. The number of aromatic nitrogens is 1. The van der Waals surface area contributed by atoms with Crippen molar-refractivity contribution in [2.45, 2.75) is 51.8 Å². The molecule has 0 unspecified atom stereocenters. The number of aryl methyl sites for hydroxylation is 1. The van der Waals surface area contributed by atoms with E-state index in [1.165, 1.54) is 19.3 Å². The van der Waals surface area contributed by atoms with Crippen LogP contribution in [0.2, 0.25) is 0 Å². The molecule has 35 heavy (non-hydrogen) atoms. The number of nitrogens with one attached hydrogen (secondary N) is 4. The first-order valence-corrected chi connectivity index (χ1v) is 12.0. The lowest BCUT2D eigenvalue weighted by atomic mass is 9.90. The van der Waals surface area contributed by atoms with E-state index in [0.29, 0.717) is 18.9 Å². The highest BCUT2D eigenvalue weighted by atomic mass is 16.5. The number of rotatable bonds is 11. The lowest BCUT2D eigenvalue weighted by molar-refractivity contribution is -0.133. The van der Waals surface area contributed by atoms with Crippen LogP contribution in [0, 0.1) is 18.8 Å². The zero-order valence-corrected chi connectivity index (χ0v) is 20.3. The molecule has 0 aliphatic carbocycles. The van der Waals surface area contributed by atoms with Crippen molar-refractivity contribution in [3.05, 3.63) is 53.4 Å². The molecule has 0 saturated carbocycles. The van der Waals surface area contributed by atoms with Crippen molar-refractivity contribution in [2.24, 2.45) is 11.8 Å². The fourth-order valence-corrected chi connectivity index (χ4v) is 4.08. The molecule has 1 aromatic heterocycles. The van der Waals surface area contributed by atoms with E-state index in [2.05, 4.69) is 30.9 Å². The van der Waals surface area contributed by atoms with E-state index in [9.17, 15) is 19.5 Å². The Labute approximate surface area is 205 Å². The third kappa shape index (κ3) is 8.18. The SMILES string of the molecule is Cc1ccc(CNC(=O)[C@H](CC2CCNCC2)NC(=O)[C@@H](CNC(=O)c2ccon2)[C@@H](C)O)cc1. The van der Waals surface area contributed by atoms with Crippen molar-refractivity contribution < 1.29 is 24.0 Å². The number of nitrogens with zero attached hydrogens (tertiary/aromatic N) is 1. The summed E-state index contributed by atoms with van der Waals surface area (Å²) in [5, 5.41) is 25.4. The van der Waals surface area contributed by atoms with Gasteiger partial charge in [0.05, 0.1) is 12.0 Å². The van der Waals surface area contributed by atoms with Crippen LogP contribution in [0.3, 0.4) is 0 Å². The number of aliphatic hydroxyl groups is 1. The first-order valence-electron chi connectivity index (χ1n) is 12.0. The number of amides is 3. The summed E-state index contributed by atoms with van der Waals surface area (Å²) in [7, 11) is 0. The molecular weight excluding hydrogens is 450 g/mol. The fraction of sp³-hybridized carbons (Fsp3) is 0.520. The van der Waals surface area contributed by atoms with Crippen LogP contribution in [0.15, 0.2) is 41.1 Å². The first-order chi connectivity index (χ1) is 16.8. The molecule has 190 valence electrons. The van der Waals surface area contributed by atoms with Gasteiger partial charge in [-0.05, 0) is 57.7 Å². The summed E-state index contributed by atoms with van der Waals surface area (Å²) >= 11 is 0. The van der Waals surface area contributed by atoms with E-state index in [1.54, 1.807) is 0 Å². The van der Waals surface area contributed by atoms with Gasteiger partial charge in [0.15, 0.2) is 5.69 Å². The molecule has 10 nitrogen and oxygen atoms in total. The number of aliphatic hydroxyl groups excluding tert-OH is 1. The minimum absolute atomic E-state index is 0.0778. The monoisotopic (exact) mass is 485 g/mol. The highest BCUT2D eigenvalue weighted by Crippen LogP contribution is 2.19. The van der Waals surface area contributed by atoms with Gasteiger partial charge in [0, 0.05) is 19.2 Å². The van der Waals surface area contributed by atoms with Crippen LogP contribution in [0.25, 0.3) is 0 Å². The lowest BCUT2D eigenvalue weighted by Crippen LogP contribution is -2.52. The quantitative estimate of drug-likeness (QED) is 0.318. The van der Waals surface area contributed by atoms with Crippen LogP contribution in [-0.4, -0.2) is 59.8 Å². The maximum atomic E-state index is 13.1. The van der Waals surface area contributed by atoms with Gasteiger partial charge in [-0.15, -0.1) is 0 Å². The minimum atomic E-state index is -1.04. The highest BCUT2D eigenvalue weighted by Gasteiger charge is 2.31. The predicted molar refractivity (Wildman–Crippen MR) is 129 cm³/mol. The van der Waals surface area contributed by atoms with Gasteiger partial charge < -0.3 is 30.9 Å². The predicted octanol–water partition coefficient (Wildman–Crippen LogP) is 0.901. The Morgan fingerprint density at radius 1 is 1.11 bits per heavy atom. The van der Waals surface area contributed by atoms with E-state index >= 15 is 0 Å². The van der Waals surface area contributed by atoms with Gasteiger partial charge in [-0.3, -0.25) is 14.4 Å². The topological polar surface area (TPSA) is 146 Å². The van der Waals surface area contributed by atoms with Crippen molar-refractivity contribution in [2.75, 3.05) is 19.6 Å². The number of hydrogen-bond donors (Lipinski definition) is 5. The van der Waals surface area contributed by atoms with Crippen LogP contribution in [-0.2, 0) is 16.1 Å². The third-order valence-corrected chi connectivity index (χ3v) is 6.32. The van der Waals surface area contributed by atoms with Gasteiger partial charge in [0.25, 0.3) is 5.91 Å². The van der Waals surface area contributed by atoms with Gasteiger partial charge >= 0.3 is 0 Å². The van der Waals surface area contributed by atoms with Crippen molar-refractivity contribution >= 4 is 17.7 Å². The molecule has 0 bridgehead atoms. The Morgan fingerprint density at radius 3 is 2.46 bits per heavy atom. The number of carbonyl (C=O) groups excluding carboxylic acids is 3. The Morgan fingerprint density at radius 2 is 1.83 bits per heavy atom. The normalized spacial score (nSPS) is 16.7. The average Bonchev–Trinajstić information content (AvgIpc) is 3.39. The maximum Gasteiger partial charge on any atom is 0.273 e. The van der Waals surface area contributed by atoms with E-state index < -0.39 is 29.9 Å². The van der Waals surface area contributed by atoms with Crippen LogP contribution in [0.4, 0.5) is 0 Å². The molecule has 1 aromatic carbocycles. The van der Waals surface area contributed by atoms with Crippen molar-refractivity contribution in [1.82, 2.24) is 26.4 Å². The third-order valence-electron chi connectivity index (χ3n) is 6.32. The summed E-state index contributed by atoms with van der Waals surface area (Å²) in [6, 6.07) is 8.53. The number of benzene rings is 1. The molecule has 1 aliphatic heterocycles. The molecule has 2 heterocycles. The standard InChI is InChI=1S/C25H35N5O5/c1-16-3-5-19(6-4-16)14-27-25(34)22(13-18-7-10-26-11-8-18)29-23(32)20(17(2)31)15-28-24(33)21-9-12-35-30-21/h3-6,9,12,17-18,20,22,26,31H,7-8,10-11,13-15H2,1-2H3,(H,27,34)(H,28,33)(H,29,32)/t17-,20+,22+/m1/s1. The molecule has 3 rings (SSSR count). The van der Waals surface area contributed by atoms with E-state index in [0.717, 1.165) is 37.1 Å². The van der Waals surface area contributed by atoms with Crippen molar-refractivity contribution in [1.29, 1.82) is 0 Å². The smallest absolute Gasteiger partial charge is 0.273 e. The molecule has 2 aromatic rings. The van der Waals surface area contributed by atoms with E-state index in [-0.39, 0.29) is 18.1 Å². The number of carbonyl (C=O) groups is 3. The van der Waals surface area contributed by atoms with Crippen LogP contribution >= 0.6 is 0 Å². The molecular formula is C25H35N5O5. The summed E-state index contributed by atoms with van der Waals surface area (Å²) in [4.78, 5) is 38.4. The number of piperidine rings is 1. The molecule has 1 saturated heterocycles. The molecule has 3 atom stereocenters. The Balaban J connectivity index is 1.63.